The first-order valence-corrected chi connectivity index (χ1v) is 8.42. The summed E-state index contributed by atoms with van der Waals surface area (Å²) in [7, 11) is 0. The second-order valence-electron chi connectivity index (χ2n) is 6.76. The van der Waals surface area contributed by atoms with Gasteiger partial charge in [0.2, 0.25) is 5.95 Å². The molecule has 0 radical (unpaired) electrons. The van der Waals surface area contributed by atoms with Gasteiger partial charge in [-0.3, -0.25) is 0 Å². The Hall–Kier alpha value is -2.35. The summed E-state index contributed by atoms with van der Waals surface area (Å²) < 4.78 is 39.8. The maximum Gasteiger partial charge on any atom is 0.416 e. The number of nitrogens with zero attached hydrogens (tertiary/aromatic N) is 3. The van der Waals surface area contributed by atoms with Crippen LogP contribution < -0.4 is 10.6 Å². The maximum absolute atomic E-state index is 13.3. The van der Waals surface area contributed by atoms with Crippen molar-refractivity contribution < 1.29 is 18.3 Å². The predicted octanol–water partition coefficient (Wildman–Crippen LogP) is 2.90. The summed E-state index contributed by atoms with van der Waals surface area (Å²) >= 11 is 0. The molecule has 2 heterocycles. The molecular weight excluding hydrogens is 345 g/mol. The zero-order chi connectivity index (χ0) is 18.8. The normalized spacial score (nSPS) is 17.3. The van der Waals surface area contributed by atoms with Crippen molar-refractivity contribution in [2.24, 2.45) is 5.41 Å². The van der Waals surface area contributed by atoms with Gasteiger partial charge < -0.3 is 15.7 Å². The van der Waals surface area contributed by atoms with E-state index in [0.717, 1.165) is 6.07 Å². The van der Waals surface area contributed by atoms with E-state index in [2.05, 4.69) is 9.97 Å². The molecule has 0 amide bonds. The molecule has 1 aliphatic rings. The number of hydrogen-bond acceptors (Lipinski definition) is 5. The zero-order valence-electron chi connectivity index (χ0n) is 14.2. The number of aromatic nitrogens is 2. The second kappa shape index (κ2) is 7.11. The number of halogens is 3. The molecule has 0 aliphatic carbocycles. The van der Waals surface area contributed by atoms with E-state index in [1.54, 1.807) is 18.3 Å². The lowest BCUT2D eigenvalue weighted by atomic mass is 9.73. The first-order valence-electron chi connectivity index (χ1n) is 8.42. The number of aliphatic hydroxyl groups is 1. The van der Waals surface area contributed by atoms with E-state index in [-0.39, 0.29) is 18.6 Å². The average Bonchev–Trinajstić information content (AvgIpc) is 2.62. The fourth-order valence-electron chi connectivity index (χ4n) is 3.44. The van der Waals surface area contributed by atoms with Gasteiger partial charge in [-0.05, 0) is 37.0 Å². The van der Waals surface area contributed by atoms with Crippen LogP contribution in [0.1, 0.15) is 24.0 Å². The number of nitrogens with two attached hydrogens (primary N) is 1. The molecule has 0 bridgehead atoms. The lowest BCUT2D eigenvalue weighted by molar-refractivity contribution is -0.138. The first kappa shape index (κ1) is 18.4. The highest BCUT2D eigenvalue weighted by atomic mass is 19.4. The standard InChI is InChI=1S/C18H21F3N4O/c19-18(20,21)14-4-2-1-3-13(14)11-17(12-26)6-9-25(10-7-17)16-23-8-5-15(22)24-16/h1-5,8,26H,6-7,9-12H2,(H2,22,23,24). The number of rotatable bonds is 4. The summed E-state index contributed by atoms with van der Waals surface area (Å²) in [6.45, 7) is 0.946. The first-order chi connectivity index (χ1) is 12.3. The molecule has 0 saturated carbocycles. The van der Waals surface area contributed by atoms with Gasteiger partial charge in [-0.1, -0.05) is 18.2 Å². The van der Waals surface area contributed by atoms with Crippen LogP contribution in [0, 0.1) is 5.41 Å². The number of alkyl halides is 3. The predicted molar refractivity (Wildman–Crippen MR) is 92.6 cm³/mol. The molecule has 5 nitrogen and oxygen atoms in total. The van der Waals surface area contributed by atoms with Crippen LogP contribution in [0.25, 0.3) is 0 Å². The van der Waals surface area contributed by atoms with Crippen molar-refractivity contribution >= 4 is 11.8 Å². The van der Waals surface area contributed by atoms with Crippen LogP contribution in [0.3, 0.4) is 0 Å². The second-order valence-corrected chi connectivity index (χ2v) is 6.76. The quantitative estimate of drug-likeness (QED) is 0.870. The Morgan fingerprint density at radius 3 is 2.46 bits per heavy atom. The van der Waals surface area contributed by atoms with Crippen LogP contribution in [0.4, 0.5) is 24.9 Å². The Bertz CT molecular complexity index is 758. The average molecular weight is 366 g/mol. The van der Waals surface area contributed by atoms with E-state index in [0.29, 0.717) is 37.7 Å². The molecule has 0 atom stereocenters. The van der Waals surface area contributed by atoms with Crippen molar-refractivity contribution in [2.75, 3.05) is 30.3 Å². The minimum atomic E-state index is -4.40. The van der Waals surface area contributed by atoms with E-state index >= 15 is 0 Å². The molecule has 3 rings (SSSR count). The molecule has 1 aromatic carbocycles. The molecule has 0 spiro atoms. The Labute approximate surface area is 149 Å². The summed E-state index contributed by atoms with van der Waals surface area (Å²) in [5.41, 5.74) is 4.69. The Balaban J connectivity index is 1.76. The largest absolute Gasteiger partial charge is 0.416 e. The molecule has 140 valence electrons. The van der Waals surface area contributed by atoms with Crippen molar-refractivity contribution in [1.29, 1.82) is 0 Å². The van der Waals surface area contributed by atoms with Gasteiger partial charge in [0.15, 0.2) is 0 Å². The van der Waals surface area contributed by atoms with Gasteiger partial charge in [0.05, 0.1) is 5.56 Å². The molecular formula is C18H21F3N4O. The van der Waals surface area contributed by atoms with Crippen molar-refractivity contribution in [1.82, 2.24) is 9.97 Å². The molecule has 1 aromatic heterocycles. The fraction of sp³-hybridized carbons (Fsp3) is 0.444. The number of piperidine rings is 1. The molecule has 8 heteroatoms. The topological polar surface area (TPSA) is 75.3 Å². The van der Waals surface area contributed by atoms with Crippen LogP contribution in [-0.2, 0) is 12.6 Å². The highest BCUT2D eigenvalue weighted by Crippen LogP contribution is 2.39. The van der Waals surface area contributed by atoms with Gasteiger partial charge in [0.1, 0.15) is 5.82 Å². The molecule has 26 heavy (non-hydrogen) atoms. The molecule has 1 saturated heterocycles. The third kappa shape index (κ3) is 3.90. The van der Waals surface area contributed by atoms with E-state index in [4.69, 9.17) is 5.73 Å². The molecule has 1 aliphatic heterocycles. The van der Waals surface area contributed by atoms with Gasteiger partial charge in [0, 0.05) is 31.3 Å². The molecule has 0 unspecified atom stereocenters. The smallest absolute Gasteiger partial charge is 0.396 e. The van der Waals surface area contributed by atoms with Crippen LogP contribution >= 0.6 is 0 Å². The number of anilines is 2. The van der Waals surface area contributed by atoms with Gasteiger partial charge in [-0.15, -0.1) is 0 Å². The van der Waals surface area contributed by atoms with Crippen molar-refractivity contribution in [3.05, 3.63) is 47.7 Å². The lowest BCUT2D eigenvalue weighted by Crippen LogP contribution is -2.44. The van der Waals surface area contributed by atoms with Crippen molar-refractivity contribution in [3.8, 4) is 0 Å². The Kier molecular flexibility index (Phi) is 5.04. The van der Waals surface area contributed by atoms with Gasteiger partial charge in [-0.2, -0.15) is 18.2 Å². The Morgan fingerprint density at radius 2 is 1.85 bits per heavy atom. The van der Waals surface area contributed by atoms with Crippen molar-refractivity contribution in [3.63, 3.8) is 0 Å². The summed E-state index contributed by atoms with van der Waals surface area (Å²) in [6, 6.07) is 7.17. The van der Waals surface area contributed by atoms with Crippen molar-refractivity contribution in [2.45, 2.75) is 25.4 Å². The number of benzene rings is 1. The number of hydrogen-bond donors (Lipinski definition) is 2. The lowest BCUT2D eigenvalue weighted by Gasteiger charge is -2.41. The summed E-state index contributed by atoms with van der Waals surface area (Å²) in [4.78, 5) is 10.3. The zero-order valence-corrected chi connectivity index (χ0v) is 14.2. The highest BCUT2D eigenvalue weighted by molar-refractivity contribution is 5.38. The molecule has 1 fully saturated rings. The SMILES string of the molecule is Nc1ccnc(N2CCC(CO)(Cc3ccccc3C(F)(F)F)CC2)n1. The summed E-state index contributed by atoms with van der Waals surface area (Å²) in [5.74, 6) is 0.875. The third-order valence-corrected chi connectivity index (χ3v) is 4.99. The van der Waals surface area contributed by atoms with Gasteiger partial charge in [-0.25, -0.2) is 4.98 Å². The van der Waals surface area contributed by atoms with E-state index in [1.165, 1.54) is 12.1 Å². The summed E-state index contributed by atoms with van der Waals surface area (Å²) in [6.07, 6.45) is -1.54. The minimum Gasteiger partial charge on any atom is -0.396 e. The molecule has 3 N–H and O–H groups in total. The highest BCUT2D eigenvalue weighted by Gasteiger charge is 2.39. The van der Waals surface area contributed by atoms with Crippen LogP contribution in [0.15, 0.2) is 36.5 Å². The third-order valence-electron chi connectivity index (χ3n) is 4.99. The van der Waals surface area contributed by atoms with Gasteiger partial charge in [0.25, 0.3) is 0 Å². The van der Waals surface area contributed by atoms with E-state index in [1.807, 2.05) is 4.90 Å². The summed E-state index contributed by atoms with van der Waals surface area (Å²) in [5, 5.41) is 9.95. The minimum absolute atomic E-state index is 0.162. The maximum atomic E-state index is 13.3. The van der Waals surface area contributed by atoms with Gasteiger partial charge >= 0.3 is 6.18 Å². The van der Waals surface area contributed by atoms with Crippen LogP contribution in [0.5, 0.6) is 0 Å². The van der Waals surface area contributed by atoms with Crippen LogP contribution in [-0.4, -0.2) is 34.8 Å². The van der Waals surface area contributed by atoms with Crippen LogP contribution in [0.2, 0.25) is 0 Å². The monoisotopic (exact) mass is 366 g/mol. The Morgan fingerprint density at radius 1 is 1.15 bits per heavy atom. The van der Waals surface area contributed by atoms with E-state index < -0.39 is 17.2 Å². The fourth-order valence-corrected chi connectivity index (χ4v) is 3.44. The number of aliphatic hydroxyl groups excluding tert-OH is 1. The number of nitrogen functional groups attached to an aromatic ring is 1. The molecule has 2 aromatic rings. The van der Waals surface area contributed by atoms with E-state index in [9.17, 15) is 18.3 Å².